The van der Waals surface area contributed by atoms with Crippen LogP contribution in [-0.4, -0.2) is 11.0 Å². The average Bonchev–Trinajstić information content (AvgIpc) is 2.80. The zero-order valence-electron chi connectivity index (χ0n) is 10.3. The lowest BCUT2D eigenvalue weighted by Gasteiger charge is -2.17. The molecule has 1 aromatic rings. The highest BCUT2D eigenvalue weighted by Gasteiger charge is 2.34. The van der Waals surface area contributed by atoms with Gasteiger partial charge < -0.3 is 11.1 Å². The van der Waals surface area contributed by atoms with Crippen molar-refractivity contribution in [1.82, 2.24) is 0 Å². The highest BCUT2D eigenvalue weighted by Crippen LogP contribution is 2.34. The fraction of sp³-hybridized carbons (Fsp3) is 0.462. The van der Waals surface area contributed by atoms with E-state index in [1.807, 2.05) is 0 Å². The number of nitrogens with two attached hydrogens (primary N) is 1. The minimum absolute atomic E-state index is 0.120. The van der Waals surface area contributed by atoms with Gasteiger partial charge in [0, 0.05) is 17.3 Å². The Labute approximate surface area is 115 Å². The topological polar surface area (TPSA) is 38.0 Å². The molecule has 1 aliphatic carbocycles. The van der Waals surface area contributed by atoms with E-state index in [0.717, 1.165) is 31.7 Å². The van der Waals surface area contributed by atoms with Crippen LogP contribution in [0.2, 0.25) is 0 Å². The molecule has 0 saturated heterocycles. The Bertz CT molecular complexity index is 479. The van der Waals surface area contributed by atoms with Crippen molar-refractivity contribution in [2.24, 2.45) is 5.73 Å². The first-order valence-corrected chi connectivity index (χ1v) is 6.56. The van der Waals surface area contributed by atoms with Gasteiger partial charge >= 0.3 is 6.18 Å². The summed E-state index contributed by atoms with van der Waals surface area (Å²) in [6.45, 7) is 0. The molecule has 104 valence electrons. The van der Waals surface area contributed by atoms with Gasteiger partial charge in [0.05, 0.1) is 5.56 Å². The second-order valence-electron chi connectivity index (χ2n) is 4.75. The number of rotatable bonds is 3. The molecule has 0 heterocycles. The minimum Gasteiger partial charge on any atom is -0.389 e. The first kappa shape index (κ1) is 14.1. The van der Waals surface area contributed by atoms with Crippen molar-refractivity contribution >= 4 is 22.9 Å². The molecule has 0 unspecified atom stereocenters. The standard InChI is InChI=1S/C13H15F3N2S/c14-13(15,16)11-6-5-9(7-10(11)12(17)19)18-8-3-1-2-4-8/h5-8,18H,1-4H2,(H2,17,19). The molecule has 0 bridgehead atoms. The molecule has 1 fully saturated rings. The van der Waals surface area contributed by atoms with Crippen molar-refractivity contribution in [3.63, 3.8) is 0 Å². The maximum Gasteiger partial charge on any atom is 0.417 e. The maximum atomic E-state index is 12.8. The quantitative estimate of drug-likeness (QED) is 0.833. The van der Waals surface area contributed by atoms with E-state index in [0.29, 0.717) is 11.7 Å². The predicted molar refractivity (Wildman–Crippen MR) is 73.2 cm³/mol. The molecule has 1 saturated carbocycles. The third kappa shape index (κ3) is 3.37. The van der Waals surface area contributed by atoms with E-state index in [1.54, 1.807) is 0 Å². The van der Waals surface area contributed by atoms with E-state index >= 15 is 0 Å². The van der Waals surface area contributed by atoms with Crippen LogP contribution in [-0.2, 0) is 6.18 Å². The molecule has 1 aliphatic rings. The van der Waals surface area contributed by atoms with Gasteiger partial charge in [-0.05, 0) is 31.0 Å². The Morgan fingerprint density at radius 3 is 2.42 bits per heavy atom. The SMILES string of the molecule is NC(=S)c1cc(NC2CCCC2)ccc1C(F)(F)F. The Kier molecular flexibility index (Phi) is 3.99. The lowest BCUT2D eigenvalue weighted by Crippen LogP contribution is -2.20. The molecule has 0 atom stereocenters. The van der Waals surface area contributed by atoms with Crippen molar-refractivity contribution < 1.29 is 13.2 Å². The van der Waals surface area contributed by atoms with Gasteiger partial charge in [0.2, 0.25) is 0 Å². The van der Waals surface area contributed by atoms with Crippen LogP contribution < -0.4 is 11.1 Å². The van der Waals surface area contributed by atoms with Gasteiger partial charge in [0.15, 0.2) is 0 Å². The fourth-order valence-electron chi connectivity index (χ4n) is 2.39. The minimum atomic E-state index is -4.44. The van der Waals surface area contributed by atoms with E-state index in [1.165, 1.54) is 12.1 Å². The molecule has 2 nitrogen and oxygen atoms in total. The molecule has 0 amide bonds. The maximum absolute atomic E-state index is 12.8. The molecule has 0 aliphatic heterocycles. The molecule has 19 heavy (non-hydrogen) atoms. The van der Waals surface area contributed by atoms with Crippen LogP contribution in [0.4, 0.5) is 18.9 Å². The molecular formula is C13H15F3N2S. The molecule has 0 aromatic heterocycles. The van der Waals surface area contributed by atoms with Crippen LogP contribution in [0.25, 0.3) is 0 Å². The molecule has 6 heteroatoms. The number of halogens is 3. The normalized spacial score (nSPS) is 16.6. The number of thiocarbonyl (C=S) groups is 1. The zero-order valence-corrected chi connectivity index (χ0v) is 11.1. The second-order valence-corrected chi connectivity index (χ2v) is 5.19. The number of alkyl halides is 3. The van der Waals surface area contributed by atoms with Crippen LogP contribution >= 0.6 is 12.2 Å². The number of hydrogen-bond acceptors (Lipinski definition) is 2. The monoisotopic (exact) mass is 288 g/mol. The lowest BCUT2D eigenvalue weighted by atomic mass is 10.1. The van der Waals surface area contributed by atoms with Crippen molar-refractivity contribution in [3.05, 3.63) is 29.3 Å². The van der Waals surface area contributed by atoms with Gasteiger partial charge in [-0.15, -0.1) is 0 Å². The van der Waals surface area contributed by atoms with Crippen LogP contribution in [0.15, 0.2) is 18.2 Å². The molecule has 2 rings (SSSR count). The van der Waals surface area contributed by atoms with E-state index < -0.39 is 11.7 Å². The summed E-state index contributed by atoms with van der Waals surface area (Å²) in [5, 5.41) is 3.23. The van der Waals surface area contributed by atoms with Crippen LogP contribution in [0.1, 0.15) is 36.8 Å². The molecular weight excluding hydrogens is 273 g/mol. The van der Waals surface area contributed by atoms with Gasteiger partial charge in [-0.1, -0.05) is 25.1 Å². The van der Waals surface area contributed by atoms with E-state index in [2.05, 4.69) is 5.32 Å². The number of nitrogens with one attached hydrogen (secondary N) is 1. The van der Waals surface area contributed by atoms with Gasteiger partial charge in [0.1, 0.15) is 4.99 Å². The van der Waals surface area contributed by atoms with E-state index in [9.17, 15) is 13.2 Å². The molecule has 0 radical (unpaired) electrons. The van der Waals surface area contributed by atoms with Crippen molar-refractivity contribution in [2.75, 3.05) is 5.32 Å². The summed E-state index contributed by atoms with van der Waals surface area (Å²) in [7, 11) is 0. The highest BCUT2D eigenvalue weighted by atomic mass is 32.1. The Hall–Kier alpha value is -1.30. The smallest absolute Gasteiger partial charge is 0.389 e. The third-order valence-corrected chi connectivity index (χ3v) is 3.54. The molecule has 3 N–H and O–H groups in total. The van der Waals surface area contributed by atoms with Crippen molar-refractivity contribution in [3.8, 4) is 0 Å². The van der Waals surface area contributed by atoms with Crippen LogP contribution in [0.5, 0.6) is 0 Å². The Balaban J connectivity index is 2.28. The van der Waals surface area contributed by atoms with Gasteiger partial charge in [-0.25, -0.2) is 0 Å². The largest absolute Gasteiger partial charge is 0.417 e. The summed E-state index contributed by atoms with van der Waals surface area (Å²) in [6, 6.07) is 4.19. The van der Waals surface area contributed by atoms with Gasteiger partial charge in [0.25, 0.3) is 0 Å². The summed E-state index contributed by atoms with van der Waals surface area (Å²) in [6.07, 6.45) is -0.0432. The van der Waals surface area contributed by atoms with Gasteiger partial charge in [-0.2, -0.15) is 13.2 Å². The number of hydrogen-bond donors (Lipinski definition) is 2. The fourth-order valence-corrected chi connectivity index (χ4v) is 2.56. The summed E-state index contributed by atoms with van der Waals surface area (Å²) >= 11 is 4.71. The summed E-state index contributed by atoms with van der Waals surface area (Å²) in [5.74, 6) is 0. The second kappa shape index (κ2) is 5.36. The van der Waals surface area contributed by atoms with E-state index in [4.69, 9.17) is 18.0 Å². The summed E-state index contributed by atoms with van der Waals surface area (Å²) in [4.78, 5) is -0.234. The van der Waals surface area contributed by atoms with Gasteiger partial charge in [-0.3, -0.25) is 0 Å². The average molecular weight is 288 g/mol. The first-order chi connectivity index (χ1) is 8.88. The van der Waals surface area contributed by atoms with Crippen LogP contribution in [0, 0.1) is 0 Å². The zero-order chi connectivity index (χ0) is 14.0. The summed E-state index contributed by atoms with van der Waals surface area (Å²) < 4.78 is 38.4. The predicted octanol–water partition coefficient (Wildman–Crippen LogP) is 3.69. The van der Waals surface area contributed by atoms with Crippen molar-refractivity contribution in [2.45, 2.75) is 37.9 Å². The summed E-state index contributed by atoms with van der Waals surface area (Å²) in [5.41, 5.74) is 5.13. The lowest BCUT2D eigenvalue weighted by molar-refractivity contribution is -0.137. The number of anilines is 1. The van der Waals surface area contributed by atoms with E-state index in [-0.39, 0.29) is 10.6 Å². The Morgan fingerprint density at radius 2 is 1.89 bits per heavy atom. The first-order valence-electron chi connectivity index (χ1n) is 6.15. The highest BCUT2D eigenvalue weighted by molar-refractivity contribution is 7.80. The molecule has 0 spiro atoms. The third-order valence-electron chi connectivity index (χ3n) is 3.32. The van der Waals surface area contributed by atoms with Crippen molar-refractivity contribution in [1.29, 1.82) is 0 Å². The number of benzene rings is 1. The molecule has 1 aromatic carbocycles. The van der Waals surface area contributed by atoms with Crippen LogP contribution in [0.3, 0.4) is 0 Å². The Morgan fingerprint density at radius 1 is 1.26 bits per heavy atom.